The van der Waals surface area contributed by atoms with Crippen LogP contribution in [0.3, 0.4) is 0 Å². The maximum absolute atomic E-state index is 14.3. The maximum atomic E-state index is 14.3. The van der Waals surface area contributed by atoms with E-state index in [0.29, 0.717) is 57.3 Å². The second-order valence-corrected chi connectivity index (χ2v) is 25.2. The monoisotopic (exact) mass is 1220 g/mol. The van der Waals surface area contributed by atoms with Crippen LogP contribution in [-0.4, -0.2) is 212 Å². The Morgan fingerprint density at radius 3 is 1.76 bits per heavy atom. The highest BCUT2D eigenvalue weighted by Gasteiger charge is 2.43. The molecule has 7 N–H and O–H groups in total. The number of nitrogen functional groups attached to an aromatic ring is 1. The van der Waals surface area contributed by atoms with Crippen LogP contribution in [0, 0.1) is 5.41 Å². The van der Waals surface area contributed by atoms with E-state index in [4.69, 9.17) is 19.9 Å². The number of halogens is 3. The predicted octanol–water partition coefficient (Wildman–Crippen LogP) is 3.03. The minimum absolute atomic E-state index is 0.0125. The van der Waals surface area contributed by atoms with Crippen molar-refractivity contribution in [2.24, 2.45) is 5.41 Å². The number of carbonyl (C=O) groups excluding carboxylic acids is 7. The molecule has 3 aromatic rings. The largest absolute Gasteiger partial charge is 0.481 e. The maximum Gasteiger partial charge on any atom is 0.471 e. The molecule has 0 spiro atoms. The first-order valence-electron chi connectivity index (χ1n) is 28.4. The van der Waals surface area contributed by atoms with E-state index in [0.717, 1.165) is 30.5 Å². The number of anilines is 2. The summed E-state index contributed by atoms with van der Waals surface area (Å²) in [6.45, 7) is 25.1. The Kier molecular flexibility index (Phi) is 25.5. The van der Waals surface area contributed by atoms with Crippen LogP contribution in [0.5, 0.6) is 0 Å². The number of alkyl halides is 3. The van der Waals surface area contributed by atoms with Gasteiger partial charge in [-0.05, 0) is 105 Å². The average molecular weight is 1220 g/mol. The number of aromatic amines is 1. The first kappa shape index (κ1) is 71.1. The molecular weight excluding hydrogens is 1130 g/mol. The summed E-state index contributed by atoms with van der Waals surface area (Å²) in [6.07, 6.45) is -5.45. The van der Waals surface area contributed by atoms with E-state index < -0.39 is 95.1 Å². The van der Waals surface area contributed by atoms with Crippen LogP contribution in [0.15, 0.2) is 35.3 Å². The standard InChI is InChI=1S/C57H86F3N13O13/c1-53(2,3)35-71-26-25-69(33-43(77)84-54(4,5)6)23-24-70(34-44(78)85-55(7,8)9)27-29-72(30-28-71)40(50(82)86-56(10,11)12)18-19-41(74)62-21-22-63-48(80)39(17-20-42(75)76)66-47(79)36-13-15-38(16-14-36)73(51(83)57(58,59)60)32-37-31-64-46-45(65-37)49(81)68-52(61)67-46/h13-16,31,39-40H,17-30,32-35H2,1-12H3,(H,62,74)(H,63,80)(H,66,79)(H,75,76)(H3,61,64,67,68,81)/t39-,40?/m0/s1. The molecular formula is C57H86F3N13O13. The summed E-state index contributed by atoms with van der Waals surface area (Å²) >= 11 is 0. The molecule has 4 amide bonds. The lowest BCUT2D eigenvalue weighted by atomic mass is 9.96. The van der Waals surface area contributed by atoms with Gasteiger partial charge in [-0.3, -0.25) is 67.7 Å². The number of carboxylic acid groups (broad SMARTS) is 1. The molecule has 1 aliphatic rings. The summed E-state index contributed by atoms with van der Waals surface area (Å²) < 4.78 is 59.0. The molecule has 1 saturated heterocycles. The van der Waals surface area contributed by atoms with Gasteiger partial charge in [0, 0.05) is 96.1 Å². The van der Waals surface area contributed by atoms with E-state index in [1.807, 2.05) is 35.5 Å². The van der Waals surface area contributed by atoms with Gasteiger partial charge >= 0.3 is 36.0 Å². The van der Waals surface area contributed by atoms with Gasteiger partial charge in [-0.25, -0.2) is 9.97 Å². The van der Waals surface area contributed by atoms with Crippen molar-refractivity contribution in [3.8, 4) is 0 Å². The lowest BCUT2D eigenvalue weighted by Gasteiger charge is -2.38. The fraction of sp³-hybridized carbons (Fsp3) is 0.649. The number of esters is 3. The van der Waals surface area contributed by atoms with Gasteiger partial charge in [0.1, 0.15) is 28.9 Å². The Bertz CT molecular complexity index is 2900. The number of rotatable bonds is 22. The van der Waals surface area contributed by atoms with Gasteiger partial charge in [0.05, 0.1) is 31.5 Å². The van der Waals surface area contributed by atoms with Crippen molar-refractivity contribution in [1.82, 2.24) is 55.5 Å². The van der Waals surface area contributed by atoms with E-state index in [1.165, 1.54) is 0 Å². The van der Waals surface area contributed by atoms with Crippen LogP contribution >= 0.6 is 0 Å². The van der Waals surface area contributed by atoms with Crippen LogP contribution in [0.4, 0.5) is 24.8 Å². The van der Waals surface area contributed by atoms with Gasteiger partial charge in [-0.1, -0.05) is 20.8 Å². The van der Waals surface area contributed by atoms with Crippen molar-refractivity contribution in [3.63, 3.8) is 0 Å². The number of ether oxygens (including phenoxy) is 3. The molecule has 478 valence electrons. The number of nitrogens with zero attached hydrogens (tertiary/aromatic N) is 8. The number of carboxylic acids is 1. The number of amides is 4. The van der Waals surface area contributed by atoms with Crippen molar-refractivity contribution in [2.45, 2.75) is 150 Å². The smallest absolute Gasteiger partial charge is 0.471 e. The van der Waals surface area contributed by atoms with Crippen molar-refractivity contribution in [3.05, 3.63) is 52.1 Å². The highest BCUT2D eigenvalue weighted by molar-refractivity contribution is 6.00. The van der Waals surface area contributed by atoms with E-state index >= 15 is 0 Å². The molecule has 2 aromatic heterocycles. The van der Waals surface area contributed by atoms with E-state index in [9.17, 15) is 61.4 Å². The van der Waals surface area contributed by atoms with Gasteiger partial charge in [0.2, 0.25) is 17.8 Å². The normalized spacial score (nSPS) is 15.7. The minimum Gasteiger partial charge on any atom is -0.481 e. The SMILES string of the molecule is CC(C)(C)CN1CCN(CC(=O)OC(C)(C)C)CCN(CC(=O)OC(C)(C)C)CCN(C(CCC(=O)NCCNC(=O)[C@H](CCC(=O)O)NC(=O)c2ccc(N(Cc3cnc4nc(N)[nH]c(=O)c4n3)C(=O)C(F)(F)F)cc2)C(=O)OC(C)(C)C)CC1. The molecule has 86 heavy (non-hydrogen) atoms. The second-order valence-electron chi connectivity index (χ2n) is 25.2. The van der Waals surface area contributed by atoms with Gasteiger partial charge in [0.25, 0.3) is 11.5 Å². The Hall–Kier alpha value is -7.37. The summed E-state index contributed by atoms with van der Waals surface area (Å²) in [5.74, 6) is -7.48. The van der Waals surface area contributed by atoms with E-state index in [1.54, 1.807) is 41.5 Å². The quantitative estimate of drug-likeness (QED) is 0.0478. The molecule has 0 saturated carbocycles. The lowest BCUT2D eigenvalue weighted by Crippen LogP contribution is -2.53. The van der Waals surface area contributed by atoms with Crippen molar-refractivity contribution in [1.29, 1.82) is 0 Å². The van der Waals surface area contributed by atoms with Crippen molar-refractivity contribution in [2.75, 3.05) is 95.7 Å². The van der Waals surface area contributed by atoms with Crippen molar-refractivity contribution >= 4 is 70.3 Å². The minimum atomic E-state index is -5.37. The summed E-state index contributed by atoms with van der Waals surface area (Å²) in [6, 6.07) is 1.84. The highest BCUT2D eigenvalue weighted by Crippen LogP contribution is 2.27. The lowest BCUT2D eigenvalue weighted by molar-refractivity contribution is -0.170. The van der Waals surface area contributed by atoms with Crippen LogP contribution < -0.4 is 32.1 Å². The Morgan fingerprint density at radius 2 is 1.23 bits per heavy atom. The number of benzene rings is 1. The average Bonchev–Trinajstić information content (AvgIpc) is 1.76. The number of carbonyl (C=O) groups is 8. The highest BCUT2D eigenvalue weighted by atomic mass is 19.4. The van der Waals surface area contributed by atoms with Gasteiger partial charge in [-0.15, -0.1) is 0 Å². The summed E-state index contributed by atoms with van der Waals surface area (Å²) in [5, 5.41) is 17.2. The van der Waals surface area contributed by atoms with Gasteiger partial charge < -0.3 is 45.9 Å². The first-order valence-corrected chi connectivity index (χ1v) is 28.4. The molecule has 4 rings (SSSR count). The number of H-pyrrole nitrogens is 1. The molecule has 1 fully saturated rings. The molecule has 1 aliphatic heterocycles. The topological polar surface area (TPSA) is 334 Å². The number of aromatic nitrogens is 4. The number of hydrogen-bond donors (Lipinski definition) is 6. The van der Waals surface area contributed by atoms with Crippen LogP contribution in [0.1, 0.15) is 125 Å². The van der Waals surface area contributed by atoms with Crippen LogP contribution in [0.25, 0.3) is 11.2 Å². The molecule has 29 heteroatoms. The fourth-order valence-electron chi connectivity index (χ4n) is 9.02. The molecule has 2 atom stereocenters. The zero-order valence-electron chi connectivity index (χ0n) is 51.4. The van der Waals surface area contributed by atoms with Gasteiger partial charge in [-0.2, -0.15) is 18.2 Å². The molecule has 3 heterocycles. The number of hydrogen-bond acceptors (Lipinski definition) is 20. The molecule has 26 nitrogen and oxygen atoms in total. The third-order valence-corrected chi connectivity index (χ3v) is 12.6. The Labute approximate surface area is 498 Å². The molecule has 1 aromatic carbocycles. The van der Waals surface area contributed by atoms with E-state index in [-0.39, 0.29) is 97.4 Å². The zero-order valence-corrected chi connectivity index (χ0v) is 51.4. The molecule has 1 unspecified atom stereocenters. The molecule has 0 bridgehead atoms. The van der Waals surface area contributed by atoms with Gasteiger partial charge in [0.15, 0.2) is 11.2 Å². The third-order valence-electron chi connectivity index (χ3n) is 12.6. The third kappa shape index (κ3) is 25.7. The first-order chi connectivity index (χ1) is 39.7. The predicted molar refractivity (Wildman–Crippen MR) is 311 cm³/mol. The van der Waals surface area contributed by atoms with Crippen molar-refractivity contribution < 1.29 is 70.8 Å². The molecule has 0 radical (unpaired) electrons. The second kappa shape index (κ2) is 30.8. The Morgan fingerprint density at radius 1 is 0.709 bits per heavy atom. The Balaban J connectivity index is 1.47. The zero-order chi connectivity index (χ0) is 64.5. The number of aliphatic carboxylic acids is 1. The number of nitrogens with one attached hydrogen (secondary N) is 4. The summed E-state index contributed by atoms with van der Waals surface area (Å²) in [7, 11) is 0. The summed E-state index contributed by atoms with van der Waals surface area (Å²) in [5.41, 5.74) is 0.936. The van der Waals surface area contributed by atoms with Crippen LogP contribution in [0.2, 0.25) is 0 Å². The number of fused-ring (bicyclic) bond motifs is 1. The molecule has 0 aliphatic carbocycles. The van der Waals surface area contributed by atoms with E-state index in [2.05, 4.69) is 61.6 Å². The fourth-order valence-corrected chi connectivity index (χ4v) is 9.02. The summed E-state index contributed by atoms with van der Waals surface area (Å²) in [4.78, 5) is 140. The number of nitrogens with two attached hydrogens (primary N) is 1. The van der Waals surface area contributed by atoms with Crippen LogP contribution in [-0.2, 0) is 54.3 Å².